The molecule has 0 atom stereocenters. The third-order valence-corrected chi connectivity index (χ3v) is 3.92. The number of aryl methyl sites for hydroxylation is 1. The van der Waals surface area contributed by atoms with Gasteiger partial charge in [0.05, 0.1) is 10.7 Å². The summed E-state index contributed by atoms with van der Waals surface area (Å²) in [5.74, 6) is 0. The number of hydrogen-bond acceptors (Lipinski definition) is 4. The zero-order valence-corrected chi connectivity index (χ0v) is 11.7. The van der Waals surface area contributed by atoms with Gasteiger partial charge in [0.25, 0.3) is 10.0 Å². The Morgan fingerprint density at radius 2 is 2.11 bits per heavy atom. The van der Waals surface area contributed by atoms with Crippen LogP contribution >= 0.6 is 23.2 Å². The molecule has 0 radical (unpaired) electrons. The first-order chi connectivity index (χ1) is 8.34. The molecule has 0 fully saturated rings. The van der Waals surface area contributed by atoms with Crippen molar-refractivity contribution in [3.8, 4) is 0 Å². The maximum atomic E-state index is 11.4. The van der Waals surface area contributed by atoms with Crippen molar-refractivity contribution in [2.45, 2.75) is 24.8 Å². The van der Waals surface area contributed by atoms with Crippen molar-refractivity contribution in [3.63, 3.8) is 0 Å². The van der Waals surface area contributed by atoms with Gasteiger partial charge in [0, 0.05) is 6.07 Å². The Bertz CT molecular complexity index is 711. The highest BCUT2D eigenvalue weighted by atomic mass is 35.5. The molecular weight excluding hydrogens is 299 g/mol. The molecule has 2 aromatic rings. The first-order valence-electron chi connectivity index (χ1n) is 5.11. The molecule has 0 aliphatic carbocycles. The number of nitrogens with two attached hydrogens (primary N) is 1. The SMILES string of the molecule is CCCc1nn2c(S(N)(=O)=O)c(Cl)nc2cc1Cl. The Morgan fingerprint density at radius 3 is 2.67 bits per heavy atom. The van der Waals surface area contributed by atoms with E-state index < -0.39 is 10.0 Å². The van der Waals surface area contributed by atoms with Crippen molar-refractivity contribution in [1.82, 2.24) is 14.6 Å². The fourth-order valence-electron chi connectivity index (χ4n) is 1.59. The molecule has 9 heteroatoms. The Labute approximate surface area is 114 Å². The Morgan fingerprint density at radius 1 is 1.44 bits per heavy atom. The zero-order chi connectivity index (χ0) is 13.5. The summed E-state index contributed by atoms with van der Waals surface area (Å²) in [6, 6.07) is 1.51. The van der Waals surface area contributed by atoms with Crippen LogP contribution in [0.2, 0.25) is 10.2 Å². The van der Waals surface area contributed by atoms with E-state index in [9.17, 15) is 8.42 Å². The summed E-state index contributed by atoms with van der Waals surface area (Å²) in [5, 5.41) is 9.10. The third-order valence-electron chi connectivity index (χ3n) is 2.31. The lowest BCUT2D eigenvalue weighted by Crippen LogP contribution is -2.16. The van der Waals surface area contributed by atoms with Crippen LogP contribution in [0.15, 0.2) is 11.1 Å². The van der Waals surface area contributed by atoms with E-state index in [2.05, 4.69) is 10.1 Å². The van der Waals surface area contributed by atoms with Gasteiger partial charge < -0.3 is 0 Å². The maximum absolute atomic E-state index is 11.4. The molecule has 0 saturated carbocycles. The van der Waals surface area contributed by atoms with E-state index in [4.69, 9.17) is 28.3 Å². The van der Waals surface area contributed by atoms with Gasteiger partial charge >= 0.3 is 0 Å². The van der Waals surface area contributed by atoms with E-state index >= 15 is 0 Å². The maximum Gasteiger partial charge on any atom is 0.258 e. The van der Waals surface area contributed by atoms with Gasteiger partial charge in [-0.2, -0.15) is 9.61 Å². The smallest absolute Gasteiger partial charge is 0.223 e. The number of primary sulfonamides is 1. The molecule has 0 bridgehead atoms. The van der Waals surface area contributed by atoms with E-state index in [1.165, 1.54) is 6.07 Å². The second kappa shape index (κ2) is 4.65. The normalized spacial score (nSPS) is 12.2. The molecule has 2 N–H and O–H groups in total. The predicted molar refractivity (Wildman–Crippen MR) is 68.4 cm³/mol. The fraction of sp³-hybridized carbons (Fsp3) is 0.333. The summed E-state index contributed by atoms with van der Waals surface area (Å²) in [6.07, 6.45) is 1.44. The molecular formula is C9H10Cl2N4O2S. The third kappa shape index (κ3) is 2.31. The van der Waals surface area contributed by atoms with Gasteiger partial charge in [-0.3, -0.25) is 0 Å². The van der Waals surface area contributed by atoms with Crippen molar-refractivity contribution in [2.75, 3.05) is 0 Å². The number of hydrogen-bond donors (Lipinski definition) is 1. The van der Waals surface area contributed by atoms with Crippen molar-refractivity contribution in [2.24, 2.45) is 5.14 Å². The number of aromatic nitrogens is 3. The van der Waals surface area contributed by atoms with E-state index in [-0.39, 0.29) is 15.8 Å². The van der Waals surface area contributed by atoms with Gasteiger partial charge in [-0.15, -0.1) is 0 Å². The second-order valence-corrected chi connectivity index (χ2v) is 5.95. The number of sulfonamides is 1. The summed E-state index contributed by atoms with van der Waals surface area (Å²) in [4.78, 5) is 3.86. The van der Waals surface area contributed by atoms with Crippen LogP contribution < -0.4 is 5.14 Å². The lowest BCUT2D eigenvalue weighted by Gasteiger charge is -2.04. The first kappa shape index (κ1) is 13.5. The van der Waals surface area contributed by atoms with Crippen LogP contribution in [0.5, 0.6) is 0 Å². The highest BCUT2D eigenvalue weighted by Crippen LogP contribution is 2.24. The van der Waals surface area contributed by atoms with Crippen LogP contribution in [0.1, 0.15) is 19.0 Å². The summed E-state index contributed by atoms with van der Waals surface area (Å²) in [6.45, 7) is 1.96. The average Bonchev–Trinajstić information content (AvgIpc) is 2.53. The van der Waals surface area contributed by atoms with Crippen LogP contribution in [-0.2, 0) is 16.4 Å². The Hall–Kier alpha value is -0.890. The lowest BCUT2D eigenvalue weighted by atomic mass is 10.2. The van der Waals surface area contributed by atoms with E-state index in [1.807, 2.05) is 6.92 Å². The van der Waals surface area contributed by atoms with Crippen molar-refractivity contribution in [1.29, 1.82) is 0 Å². The molecule has 0 aliphatic rings. The van der Waals surface area contributed by atoms with Gasteiger partial charge in [-0.25, -0.2) is 18.5 Å². The molecule has 0 aliphatic heterocycles. The van der Waals surface area contributed by atoms with Crippen LogP contribution in [0.25, 0.3) is 5.65 Å². The van der Waals surface area contributed by atoms with Crippen molar-refractivity contribution in [3.05, 3.63) is 21.9 Å². The number of rotatable bonds is 3. The molecule has 0 saturated heterocycles. The molecule has 18 heavy (non-hydrogen) atoms. The topological polar surface area (TPSA) is 90.4 Å². The summed E-state index contributed by atoms with van der Waals surface area (Å²) in [7, 11) is -4.00. The summed E-state index contributed by atoms with van der Waals surface area (Å²) < 4.78 is 24.0. The van der Waals surface area contributed by atoms with E-state index in [0.717, 1.165) is 10.9 Å². The largest absolute Gasteiger partial charge is 0.258 e. The predicted octanol–water partition coefficient (Wildman–Crippen LogP) is 1.64. The van der Waals surface area contributed by atoms with E-state index in [0.29, 0.717) is 17.1 Å². The number of fused-ring (bicyclic) bond motifs is 1. The van der Waals surface area contributed by atoms with Crippen LogP contribution in [0, 0.1) is 0 Å². The molecule has 98 valence electrons. The quantitative estimate of drug-likeness (QED) is 0.933. The van der Waals surface area contributed by atoms with Gasteiger partial charge in [-0.1, -0.05) is 36.5 Å². The van der Waals surface area contributed by atoms with Crippen LogP contribution in [0.4, 0.5) is 0 Å². The number of halogens is 2. The molecule has 2 rings (SSSR count). The Balaban J connectivity index is 2.81. The average molecular weight is 309 g/mol. The molecule has 0 aromatic carbocycles. The highest BCUT2D eigenvalue weighted by molar-refractivity contribution is 7.89. The number of nitrogens with zero attached hydrogens (tertiary/aromatic N) is 3. The summed E-state index contributed by atoms with van der Waals surface area (Å²) in [5.41, 5.74) is 0.819. The van der Waals surface area contributed by atoms with Gasteiger partial charge in [-0.05, 0) is 6.42 Å². The standard InChI is InChI=1S/C9H10Cl2N4O2S/c1-2-3-6-5(10)4-7-13-8(11)9(15(7)14-6)18(12,16)17/h4H,2-3H2,1H3,(H2,12,16,17). The molecule has 0 spiro atoms. The fourth-order valence-corrected chi connectivity index (χ4v) is 2.96. The van der Waals surface area contributed by atoms with Crippen LogP contribution in [-0.4, -0.2) is 23.0 Å². The minimum atomic E-state index is -4.00. The molecule has 0 amide bonds. The minimum absolute atomic E-state index is 0.213. The van der Waals surface area contributed by atoms with Crippen LogP contribution in [0.3, 0.4) is 0 Å². The highest BCUT2D eigenvalue weighted by Gasteiger charge is 2.22. The molecule has 2 heterocycles. The lowest BCUT2D eigenvalue weighted by molar-refractivity contribution is 0.589. The van der Waals surface area contributed by atoms with Gasteiger partial charge in [0.2, 0.25) is 5.03 Å². The van der Waals surface area contributed by atoms with E-state index in [1.54, 1.807) is 0 Å². The second-order valence-electron chi connectivity index (χ2n) is 3.71. The van der Waals surface area contributed by atoms with Crippen molar-refractivity contribution < 1.29 is 8.42 Å². The van der Waals surface area contributed by atoms with Gasteiger partial charge in [0.1, 0.15) is 0 Å². The first-order valence-corrected chi connectivity index (χ1v) is 7.41. The summed E-state index contributed by atoms with van der Waals surface area (Å²) >= 11 is 11.8. The molecule has 0 unspecified atom stereocenters. The monoisotopic (exact) mass is 308 g/mol. The number of imidazole rings is 1. The minimum Gasteiger partial charge on any atom is -0.223 e. The Kier molecular flexibility index (Phi) is 3.50. The zero-order valence-electron chi connectivity index (χ0n) is 9.39. The van der Waals surface area contributed by atoms with Gasteiger partial charge in [0.15, 0.2) is 10.8 Å². The van der Waals surface area contributed by atoms with Crippen molar-refractivity contribution >= 4 is 38.9 Å². The molecule has 2 aromatic heterocycles. The molecule has 6 nitrogen and oxygen atoms in total.